The number of fused-ring (bicyclic) bond motifs is 2. The lowest BCUT2D eigenvalue weighted by molar-refractivity contribution is 0.00596. The first-order chi connectivity index (χ1) is 9.55. The number of hydrogen-bond acceptors (Lipinski definition) is 3. The molecule has 2 bridgehead atoms. The van der Waals surface area contributed by atoms with Gasteiger partial charge in [0.15, 0.2) is 0 Å². The first-order valence-electron chi connectivity index (χ1n) is 7.17. The van der Waals surface area contributed by atoms with Gasteiger partial charge in [-0.15, -0.1) is 0 Å². The Bertz CT molecular complexity index is 589. The molecule has 2 aliphatic rings. The van der Waals surface area contributed by atoms with E-state index in [2.05, 4.69) is 6.07 Å². The van der Waals surface area contributed by atoms with Crippen LogP contribution >= 0.6 is 0 Å². The van der Waals surface area contributed by atoms with Crippen molar-refractivity contribution >= 4 is 10.8 Å². The Morgan fingerprint density at radius 3 is 2.60 bits per heavy atom. The van der Waals surface area contributed by atoms with Gasteiger partial charge in [0.2, 0.25) is 0 Å². The van der Waals surface area contributed by atoms with Gasteiger partial charge < -0.3 is 5.11 Å². The zero-order valence-corrected chi connectivity index (χ0v) is 12.4. The number of nitrogens with zero attached hydrogens (tertiary/aromatic N) is 1. The lowest BCUT2D eigenvalue weighted by atomic mass is 9.78. The molecule has 1 N–H and O–H groups in total. The fraction of sp³-hybridized carbons (Fsp3) is 0.562. The van der Waals surface area contributed by atoms with E-state index in [9.17, 15) is 9.32 Å². The molecule has 106 valence electrons. The molecule has 0 radical (unpaired) electrons. The van der Waals surface area contributed by atoms with E-state index in [-0.39, 0.29) is 10.5 Å². The molecule has 20 heavy (non-hydrogen) atoms. The molecular weight excluding hydrogens is 270 g/mol. The topological polar surface area (TPSA) is 61.1 Å². The van der Waals surface area contributed by atoms with E-state index >= 15 is 0 Å². The predicted molar refractivity (Wildman–Crippen MR) is 78.6 cm³/mol. The molecule has 2 aliphatic heterocycles. The Kier molecular flexibility index (Phi) is 3.43. The van der Waals surface area contributed by atoms with E-state index in [1.807, 2.05) is 19.1 Å². The van der Waals surface area contributed by atoms with Crippen molar-refractivity contribution < 1.29 is 9.32 Å². The van der Waals surface area contributed by atoms with E-state index in [4.69, 9.17) is 5.26 Å². The highest BCUT2D eigenvalue weighted by Crippen LogP contribution is 2.45. The molecule has 0 amide bonds. The van der Waals surface area contributed by atoms with Gasteiger partial charge in [-0.25, -0.2) is 0 Å². The number of nitriles is 1. The third-order valence-electron chi connectivity index (χ3n) is 4.80. The van der Waals surface area contributed by atoms with Crippen molar-refractivity contribution in [1.82, 2.24) is 0 Å². The van der Waals surface area contributed by atoms with Crippen LogP contribution in [0.15, 0.2) is 18.2 Å². The lowest BCUT2D eigenvalue weighted by Gasteiger charge is -2.44. The number of hydrogen-bond donors (Lipinski definition) is 1. The first kappa shape index (κ1) is 13.8. The SMILES string of the molecule is Cc1c(C#N)cccc1C1(O)CC2CCCC(C1)S2=O. The summed E-state index contributed by atoms with van der Waals surface area (Å²) in [6, 6.07) is 7.71. The standard InChI is InChI=1S/C16H19NO2S/c1-11-12(10-17)4-2-7-15(11)16(18)8-13-5-3-6-14(9-16)20(13)19/h2,4,7,13-14,18H,3,5-6,8-9H2,1H3. The molecule has 1 aromatic carbocycles. The van der Waals surface area contributed by atoms with Gasteiger partial charge in [-0.05, 0) is 49.8 Å². The number of aliphatic hydroxyl groups is 1. The van der Waals surface area contributed by atoms with Crippen LogP contribution in [0.2, 0.25) is 0 Å². The van der Waals surface area contributed by atoms with Gasteiger partial charge in [-0.1, -0.05) is 18.6 Å². The molecule has 0 aromatic heterocycles. The molecule has 2 heterocycles. The summed E-state index contributed by atoms with van der Waals surface area (Å²) in [5, 5.41) is 20.5. The van der Waals surface area contributed by atoms with Gasteiger partial charge in [0.05, 0.1) is 17.2 Å². The van der Waals surface area contributed by atoms with Gasteiger partial charge in [0.1, 0.15) is 0 Å². The monoisotopic (exact) mass is 289 g/mol. The van der Waals surface area contributed by atoms with Crippen molar-refractivity contribution in [1.29, 1.82) is 5.26 Å². The van der Waals surface area contributed by atoms with Gasteiger partial charge in [-0.2, -0.15) is 5.26 Å². The Balaban J connectivity index is 2.02. The van der Waals surface area contributed by atoms with E-state index in [1.165, 1.54) is 0 Å². The van der Waals surface area contributed by atoms with Crippen LogP contribution in [0.3, 0.4) is 0 Å². The van der Waals surface area contributed by atoms with Gasteiger partial charge >= 0.3 is 0 Å². The maximum absolute atomic E-state index is 12.3. The minimum Gasteiger partial charge on any atom is -0.385 e. The summed E-state index contributed by atoms with van der Waals surface area (Å²) >= 11 is 0. The molecule has 3 nitrogen and oxygen atoms in total. The second-order valence-corrected chi connectivity index (χ2v) is 8.02. The third-order valence-corrected chi connectivity index (χ3v) is 6.91. The maximum Gasteiger partial charge on any atom is 0.0994 e. The summed E-state index contributed by atoms with van der Waals surface area (Å²) in [7, 11) is -0.795. The zero-order valence-electron chi connectivity index (χ0n) is 11.6. The fourth-order valence-corrected chi connectivity index (χ4v) is 5.99. The molecule has 0 saturated carbocycles. The van der Waals surface area contributed by atoms with Crippen molar-refractivity contribution in [3.05, 3.63) is 34.9 Å². The maximum atomic E-state index is 12.3. The minimum atomic E-state index is -0.916. The Labute approximate surface area is 122 Å². The largest absolute Gasteiger partial charge is 0.385 e. The smallest absolute Gasteiger partial charge is 0.0994 e. The molecule has 2 unspecified atom stereocenters. The highest BCUT2D eigenvalue weighted by atomic mass is 32.2. The quantitative estimate of drug-likeness (QED) is 0.864. The summed E-state index contributed by atoms with van der Waals surface area (Å²) in [4.78, 5) is 0. The van der Waals surface area contributed by atoms with Crippen LogP contribution in [0, 0.1) is 18.3 Å². The van der Waals surface area contributed by atoms with Crippen LogP contribution < -0.4 is 0 Å². The minimum absolute atomic E-state index is 0.109. The molecule has 4 heteroatoms. The molecule has 0 spiro atoms. The van der Waals surface area contributed by atoms with Crippen molar-refractivity contribution in [3.8, 4) is 6.07 Å². The number of rotatable bonds is 1. The van der Waals surface area contributed by atoms with Crippen LogP contribution in [-0.4, -0.2) is 19.8 Å². The van der Waals surface area contributed by atoms with Crippen LogP contribution in [-0.2, 0) is 16.4 Å². The van der Waals surface area contributed by atoms with E-state index in [1.54, 1.807) is 6.07 Å². The molecular formula is C16H19NO2S. The summed E-state index contributed by atoms with van der Waals surface area (Å²) in [6.45, 7) is 1.90. The summed E-state index contributed by atoms with van der Waals surface area (Å²) in [5.74, 6) is 0. The van der Waals surface area contributed by atoms with Crippen LogP contribution in [0.4, 0.5) is 0 Å². The average Bonchev–Trinajstić information content (AvgIpc) is 2.41. The Morgan fingerprint density at radius 1 is 1.35 bits per heavy atom. The second-order valence-electron chi connectivity index (χ2n) is 6.03. The molecule has 0 aliphatic carbocycles. The second kappa shape index (κ2) is 4.98. The molecule has 2 fully saturated rings. The summed E-state index contributed by atoms with van der Waals surface area (Å²) in [6.07, 6.45) is 4.14. The highest BCUT2D eigenvalue weighted by Gasteiger charge is 2.46. The third kappa shape index (κ3) is 2.10. The predicted octanol–water partition coefficient (Wildman–Crippen LogP) is 2.52. The summed E-state index contributed by atoms with van der Waals surface area (Å²) in [5.41, 5.74) is 1.42. The molecule has 2 saturated heterocycles. The van der Waals surface area contributed by atoms with Gasteiger partial charge in [0, 0.05) is 21.3 Å². The van der Waals surface area contributed by atoms with Crippen molar-refractivity contribution in [2.45, 2.75) is 55.1 Å². The normalized spacial score (nSPS) is 36.4. The fourth-order valence-electron chi connectivity index (χ4n) is 3.76. The van der Waals surface area contributed by atoms with Crippen LogP contribution in [0.5, 0.6) is 0 Å². The van der Waals surface area contributed by atoms with Crippen LogP contribution in [0.1, 0.15) is 48.8 Å². The lowest BCUT2D eigenvalue weighted by Crippen LogP contribution is -2.47. The van der Waals surface area contributed by atoms with E-state index in [0.29, 0.717) is 18.4 Å². The van der Waals surface area contributed by atoms with Crippen molar-refractivity contribution in [2.24, 2.45) is 0 Å². The zero-order chi connectivity index (χ0) is 14.3. The average molecular weight is 289 g/mol. The van der Waals surface area contributed by atoms with Gasteiger partial charge in [-0.3, -0.25) is 4.21 Å². The van der Waals surface area contributed by atoms with E-state index < -0.39 is 16.4 Å². The van der Waals surface area contributed by atoms with Crippen LogP contribution in [0.25, 0.3) is 0 Å². The Hall–Kier alpha value is -1.18. The number of benzene rings is 1. The van der Waals surface area contributed by atoms with Gasteiger partial charge in [0.25, 0.3) is 0 Å². The van der Waals surface area contributed by atoms with Crippen molar-refractivity contribution in [2.75, 3.05) is 0 Å². The molecule has 2 atom stereocenters. The Morgan fingerprint density at radius 2 is 2.00 bits per heavy atom. The van der Waals surface area contributed by atoms with Crippen molar-refractivity contribution in [3.63, 3.8) is 0 Å². The molecule has 3 rings (SSSR count). The highest BCUT2D eigenvalue weighted by molar-refractivity contribution is 7.86. The molecule has 1 aromatic rings. The van der Waals surface area contributed by atoms with E-state index in [0.717, 1.165) is 30.4 Å². The first-order valence-corrected chi connectivity index (χ1v) is 8.45. The summed E-state index contributed by atoms with van der Waals surface area (Å²) < 4.78 is 12.3.